The zero-order chi connectivity index (χ0) is 22.8. The largest absolute Gasteiger partial charge is 0.493 e. The van der Waals surface area contributed by atoms with Crippen LogP contribution in [0.4, 0.5) is 0 Å². The number of amides is 2. The van der Waals surface area contributed by atoms with E-state index in [-0.39, 0.29) is 6.61 Å². The van der Waals surface area contributed by atoms with Gasteiger partial charge in [0.05, 0.1) is 14.2 Å². The van der Waals surface area contributed by atoms with E-state index in [2.05, 4.69) is 10.9 Å². The number of benzene rings is 3. The van der Waals surface area contributed by atoms with Gasteiger partial charge in [-0.25, -0.2) is 0 Å². The number of hydrazine groups is 1. The number of rotatable bonds is 8. The first-order valence-corrected chi connectivity index (χ1v) is 9.87. The van der Waals surface area contributed by atoms with Crippen molar-refractivity contribution in [1.82, 2.24) is 10.9 Å². The quantitative estimate of drug-likeness (QED) is 0.420. The normalized spacial score (nSPS) is 10.4. The van der Waals surface area contributed by atoms with Crippen LogP contribution in [0, 0.1) is 0 Å². The molecule has 2 amide bonds. The highest BCUT2D eigenvalue weighted by molar-refractivity contribution is 5.93. The molecule has 7 heteroatoms. The van der Waals surface area contributed by atoms with Crippen molar-refractivity contribution in [3.05, 3.63) is 84.4 Å². The fraction of sp³-hybridized carbons (Fsp3) is 0.120. The third-order valence-electron chi connectivity index (χ3n) is 4.50. The van der Waals surface area contributed by atoms with Crippen LogP contribution in [-0.2, 0) is 9.59 Å². The van der Waals surface area contributed by atoms with E-state index in [9.17, 15) is 9.59 Å². The Morgan fingerprint density at radius 1 is 0.812 bits per heavy atom. The number of ether oxygens (including phenoxy) is 3. The van der Waals surface area contributed by atoms with E-state index in [1.807, 2.05) is 42.5 Å². The molecule has 0 atom stereocenters. The summed E-state index contributed by atoms with van der Waals surface area (Å²) in [5.41, 5.74) is 7.42. The molecule has 0 unspecified atom stereocenters. The summed E-state index contributed by atoms with van der Waals surface area (Å²) in [6.45, 7) is -0.238. The molecule has 0 aromatic heterocycles. The highest BCUT2D eigenvalue weighted by atomic mass is 16.5. The van der Waals surface area contributed by atoms with Gasteiger partial charge in [-0.3, -0.25) is 20.4 Å². The summed E-state index contributed by atoms with van der Waals surface area (Å²) < 4.78 is 16.0. The highest BCUT2D eigenvalue weighted by Gasteiger charge is 2.08. The van der Waals surface area contributed by atoms with Crippen LogP contribution in [0.25, 0.3) is 17.2 Å². The van der Waals surface area contributed by atoms with Crippen LogP contribution in [-0.4, -0.2) is 32.6 Å². The predicted molar refractivity (Wildman–Crippen MR) is 122 cm³/mol. The Morgan fingerprint density at radius 3 is 2.22 bits per heavy atom. The van der Waals surface area contributed by atoms with Crippen molar-refractivity contribution in [3.8, 4) is 28.4 Å². The number of hydrogen-bond acceptors (Lipinski definition) is 5. The molecule has 0 fully saturated rings. The molecule has 7 nitrogen and oxygen atoms in total. The number of para-hydroxylation sites is 1. The van der Waals surface area contributed by atoms with E-state index >= 15 is 0 Å². The summed E-state index contributed by atoms with van der Waals surface area (Å²) in [7, 11) is 3.05. The smallest absolute Gasteiger partial charge is 0.276 e. The molecule has 0 bridgehead atoms. The molecule has 2 N–H and O–H groups in total. The Morgan fingerprint density at radius 2 is 1.53 bits per heavy atom. The fourth-order valence-corrected chi connectivity index (χ4v) is 2.94. The Bertz CT molecular complexity index is 1080. The van der Waals surface area contributed by atoms with Crippen LogP contribution in [0.5, 0.6) is 17.2 Å². The minimum atomic E-state index is -0.504. The van der Waals surface area contributed by atoms with Crippen molar-refractivity contribution in [3.63, 3.8) is 0 Å². The summed E-state index contributed by atoms with van der Waals surface area (Å²) in [6, 6.07) is 22.7. The number of hydrogen-bond donors (Lipinski definition) is 2. The van der Waals surface area contributed by atoms with Gasteiger partial charge < -0.3 is 14.2 Å². The minimum absolute atomic E-state index is 0.238. The number of carbonyl (C=O) groups excluding carboxylic acids is 2. The minimum Gasteiger partial charge on any atom is -0.493 e. The van der Waals surface area contributed by atoms with Crippen LogP contribution >= 0.6 is 0 Å². The second kappa shape index (κ2) is 11.2. The predicted octanol–water partition coefficient (Wildman–Crippen LogP) is 3.61. The zero-order valence-electron chi connectivity index (χ0n) is 17.8. The Kier molecular flexibility index (Phi) is 7.86. The van der Waals surface area contributed by atoms with Gasteiger partial charge in [-0.05, 0) is 35.4 Å². The van der Waals surface area contributed by atoms with Crippen LogP contribution in [0.1, 0.15) is 5.56 Å². The number of carbonyl (C=O) groups is 2. The molecule has 0 aliphatic carbocycles. The molecule has 164 valence electrons. The van der Waals surface area contributed by atoms with Gasteiger partial charge in [-0.1, -0.05) is 54.6 Å². The summed E-state index contributed by atoms with van der Waals surface area (Å²) in [4.78, 5) is 24.0. The average molecular weight is 432 g/mol. The lowest BCUT2D eigenvalue weighted by Gasteiger charge is -2.10. The summed E-state index contributed by atoms with van der Waals surface area (Å²) in [6.07, 6.45) is 2.84. The fourth-order valence-electron chi connectivity index (χ4n) is 2.94. The first kappa shape index (κ1) is 22.4. The Balaban J connectivity index is 1.46. The van der Waals surface area contributed by atoms with Gasteiger partial charge in [0.25, 0.3) is 11.8 Å². The van der Waals surface area contributed by atoms with E-state index in [0.29, 0.717) is 22.8 Å². The van der Waals surface area contributed by atoms with E-state index in [1.54, 1.807) is 36.4 Å². The first-order valence-electron chi connectivity index (χ1n) is 9.87. The van der Waals surface area contributed by atoms with Crippen molar-refractivity contribution >= 4 is 17.9 Å². The van der Waals surface area contributed by atoms with Gasteiger partial charge in [0.15, 0.2) is 18.1 Å². The standard InChI is InChI=1S/C25H24N2O5/c1-30-22-10-6-9-20(25(22)31-2)13-16-23(28)26-27-24(29)17-32-21-14-11-19(12-15-21)18-7-4-3-5-8-18/h3-16H,17H2,1-2H3,(H,26,28)(H,27,29)/b16-13+. The maximum Gasteiger partial charge on any atom is 0.276 e. The lowest BCUT2D eigenvalue weighted by molar-refractivity contribution is -0.128. The van der Waals surface area contributed by atoms with E-state index in [4.69, 9.17) is 14.2 Å². The number of nitrogens with one attached hydrogen (secondary N) is 2. The van der Waals surface area contributed by atoms with E-state index in [0.717, 1.165) is 11.1 Å². The maximum absolute atomic E-state index is 12.0. The third kappa shape index (κ3) is 6.12. The van der Waals surface area contributed by atoms with Crippen molar-refractivity contribution in [2.24, 2.45) is 0 Å². The SMILES string of the molecule is COc1cccc(/C=C/C(=O)NNC(=O)COc2ccc(-c3ccccc3)cc2)c1OC. The van der Waals surface area contributed by atoms with Crippen molar-refractivity contribution in [2.45, 2.75) is 0 Å². The summed E-state index contributed by atoms with van der Waals surface area (Å²) >= 11 is 0. The Labute approximate surface area is 186 Å². The van der Waals surface area contributed by atoms with Crippen molar-refractivity contribution in [1.29, 1.82) is 0 Å². The lowest BCUT2D eigenvalue weighted by atomic mass is 10.1. The molecular formula is C25H24N2O5. The molecule has 32 heavy (non-hydrogen) atoms. The lowest BCUT2D eigenvalue weighted by Crippen LogP contribution is -2.43. The molecule has 0 aliphatic rings. The zero-order valence-corrected chi connectivity index (χ0v) is 17.8. The van der Waals surface area contributed by atoms with Gasteiger partial charge in [-0.15, -0.1) is 0 Å². The second-order valence-electron chi connectivity index (χ2n) is 6.63. The number of methoxy groups -OCH3 is 2. The van der Waals surface area contributed by atoms with Crippen LogP contribution in [0.3, 0.4) is 0 Å². The van der Waals surface area contributed by atoms with Crippen molar-refractivity contribution < 1.29 is 23.8 Å². The van der Waals surface area contributed by atoms with Gasteiger partial charge in [0, 0.05) is 11.6 Å². The molecule has 0 heterocycles. The van der Waals surface area contributed by atoms with Crippen LogP contribution < -0.4 is 25.1 Å². The highest BCUT2D eigenvalue weighted by Crippen LogP contribution is 2.31. The second-order valence-corrected chi connectivity index (χ2v) is 6.63. The topological polar surface area (TPSA) is 85.9 Å². The van der Waals surface area contributed by atoms with Gasteiger partial charge in [-0.2, -0.15) is 0 Å². The molecule has 0 radical (unpaired) electrons. The maximum atomic E-state index is 12.0. The van der Waals surface area contributed by atoms with Crippen LogP contribution in [0.15, 0.2) is 78.9 Å². The van der Waals surface area contributed by atoms with Crippen LogP contribution in [0.2, 0.25) is 0 Å². The molecule has 0 spiro atoms. The Hall–Kier alpha value is -4.26. The molecule has 0 saturated carbocycles. The molecule has 3 aromatic carbocycles. The molecule has 0 saturated heterocycles. The third-order valence-corrected chi connectivity index (χ3v) is 4.50. The molecule has 3 aromatic rings. The molecule has 3 rings (SSSR count). The van der Waals surface area contributed by atoms with E-state index in [1.165, 1.54) is 20.3 Å². The van der Waals surface area contributed by atoms with Gasteiger partial charge >= 0.3 is 0 Å². The van der Waals surface area contributed by atoms with Gasteiger partial charge in [0.2, 0.25) is 0 Å². The molecular weight excluding hydrogens is 408 g/mol. The monoisotopic (exact) mass is 432 g/mol. The summed E-state index contributed by atoms with van der Waals surface area (Å²) in [5, 5.41) is 0. The summed E-state index contributed by atoms with van der Waals surface area (Å²) in [5.74, 6) is 0.622. The van der Waals surface area contributed by atoms with Gasteiger partial charge in [0.1, 0.15) is 5.75 Å². The van der Waals surface area contributed by atoms with Crippen molar-refractivity contribution in [2.75, 3.05) is 20.8 Å². The first-order chi connectivity index (χ1) is 15.6. The van der Waals surface area contributed by atoms with E-state index < -0.39 is 11.8 Å². The average Bonchev–Trinajstić information content (AvgIpc) is 2.85. The molecule has 0 aliphatic heterocycles.